The van der Waals surface area contributed by atoms with Crippen LogP contribution in [-0.4, -0.2) is 60.9 Å². The van der Waals surface area contributed by atoms with Crippen LogP contribution in [0.5, 0.6) is 0 Å². The van der Waals surface area contributed by atoms with Crippen LogP contribution in [0.25, 0.3) is 0 Å². The van der Waals surface area contributed by atoms with Gasteiger partial charge in [-0.05, 0) is 50.1 Å². The lowest BCUT2D eigenvalue weighted by molar-refractivity contribution is 0.0887. The summed E-state index contributed by atoms with van der Waals surface area (Å²) in [6, 6.07) is 19.6. The van der Waals surface area contributed by atoms with E-state index >= 15 is 0 Å². The van der Waals surface area contributed by atoms with Crippen molar-refractivity contribution >= 4 is 11.5 Å². The van der Waals surface area contributed by atoms with Gasteiger partial charge in [0.1, 0.15) is 0 Å². The fraction of sp³-hybridized carbons (Fsp3) is 0.458. The lowest BCUT2D eigenvalue weighted by Gasteiger charge is -2.44. The van der Waals surface area contributed by atoms with Gasteiger partial charge in [-0.3, -0.25) is 14.6 Å². The zero-order chi connectivity index (χ0) is 19.3. The lowest BCUT2D eigenvalue weighted by atomic mass is 10.0. The highest BCUT2D eigenvalue weighted by Gasteiger charge is 2.28. The van der Waals surface area contributed by atoms with E-state index in [1.165, 1.54) is 24.1 Å². The molecular formula is C24H31N3O. The monoisotopic (exact) mass is 377 g/mol. The van der Waals surface area contributed by atoms with Crippen molar-refractivity contribution in [3.63, 3.8) is 0 Å². The van der Waals surface area contributed by atoms with Gasteiger partial charge in [-0.2, -0.15) is 0 Å². The van der Waals surface area contributed by atoms with Gasteiger partial charge in [0.2, 0.25) is 0 Å². The highest BCUT2D eigenvalue weighted by molar-refractivity contribution is 5.94. The third kappa shape index (κ3) is 4.62. The highest BCUT2D eigenvalue weighted by atomic mass is 16.1. The number of para-hydroxylation sites is 1. The van der Waals surface area contributed by atoms with Gasteiger partial charge in [-0.25, -0.2) is 0 Å². The number of hydrogen-bond acceptors (Lipinski definition) is 4. The van der Waals surface area contributed by atoms with Crippen LogP contribution in [0, 0.1) is 0 Å². The number of hydrogen-bond donors (Lipinski definition) is 0. The molecule has 0 saturated carbocycles. The molecule has 28 heavy (non-hydrogen) atoms. The zero-order valence-corrected chi connectivity index (χ0v) is 16.9. The molecule has 2 aromatic rings. The van der Waals surface area contributed by atoms with Gasteiger partial charge in [0.15, 0.2) is 5.78 Å². The van der Waals surface area contributed by atoms with Gasteiger partial charge in [-0.1, -0.05) is 36.4 Å². The van der Waals surface area contributed by atoms with Crippen LogP contribution in [0.3, 0.4) is 0 Å². The average Bonchev–Trinajstić information content (AvgIpc) is 2.75. The van der Waals surface area contributed by atoms with Gasteiger partial charge in [0, 0.05) is 56.6 Å². The minimum atomic E-state index is 0.148. The summed E-state index contributed by atoms with van der Waals surface area (Å²) < 4.78 is 0. The molecule has 4 heteroatoms. The molecule has 0 N–H and O–H groups in total. The van der Waals surface area contributed by atoms with Crippen molar-refractivity contribution in [3.05, 3.63) is 65.7 Å². The number of carbonyl (C=O) groups is 1. The predicted molar refractivity (Wildman–Crippen MR) is 115 cm³/mol. The van der Waals surface area contributed by atoms with Crippen molar-refractivity contribution in [2.75, 3.05) is 44.2 Å². The van der Waals surface area contributed by atoms with Crippen LogP contribution in [0.1, 0.15) is 35.7 Å². The first-order chi connectivity index (χ1) is 13.7. The van der Waals surface area contributed by atoms with E-state index in [4.69, 9.17) is 0 Å². The topological polar surface area (TPSA) is 26.8 Å². The molecule has 0 aliphatic carbocycles. The van der Waals surface area contributed by atoms with Crippen molar-refractivity contribution in [1.29, 1.82) is 0 Å². The number of anilines is 1. The maximum absolute atomic E-state index is 11.7. The minimum Gasteiger partial charge on any atom is -0.369 e. The van der Waals surface area contributed by atoms with E-state index in [2.05, 4.69) is 57.2 Å². The fourth-order valence-corrected chi connectivity index (χ4v) is 4.60. The first-order valence-electron chi connectivity index (χ1n) is 10.6. The fourth-order valence-electron chi connectivity index (χ4n) is 4.60. The van der Waals surface area contributed by atoms with Gasteiger partial charge in [0.05, 0.1) is 0 Å². The molecular weight excluding hydrogens is 346 g/mol. The Morgan fingerprint density at radius 2 is 1.75 bits per heavy atom. The number of nitrogens with zero attached hydrogens (tertiary/aromatic N) is 3. The molecule has 0 unspecified atom stereocenters. The Morgan fingerprint density at radius 1 is 0.964 bits per heavy atom. The summed E-state index contributed by atoms with van der Waals surface area (Å²) in [5.41, 5.74) is 3.42. The maximum atomic E-state index is 11.7. The summed E-state index contributed by atoms with van der Waals surface area (Å²) >= 11 is 0. The zero-order valence-electron chi connectivity index (χ0n) is 16.9. The smallest absolute Gasteiger partial charge is 0.159 e. The number of likely N-dealkylation sites (tertiary alicyclic amines) is 1. The maximum Gasteiger partial charge on any atom is 0.159 e. The number of ketones is 1. The van der Waals surface area contributed by atoms with Crippen LogP contribution in [0.4, 0.5) is 5.69 Å². The Balaban J connectivity index is 1.32. The van der Waals surface area contributed by atoms with Crippen molar-refractivity contribution < 1.29 is 4.79 Å². The molecule has 2 aromatic carbocycles. The molecule has 2 aliphatic rings. The van der Waals surface area contributed by atoms with Crippen LogP contribution in [-0.2, 0) is 6.54 Å². The van der Waals surface area contributed by atoms with E-state index in [1.807, 2.05) is 12.1 Å². The number of rotatable bonds is 5. The summed E-state index contributed by atoms with van der Waals surface area (Å²) in [5.74, 6) is 0.148. The Hall–Kier alpha value is -2.17. The van der Waals surface area contributed by atoms with E-state index in [0.717, 1.165) is 51.4 Å². The molecule has 2 fully saturated rings. The minimum absolute atomic E-state index is 0.148. The molecule has 2 saturated heterocycles. The Bertz CT molecular complexity index is 783. The van der Waals surface area contributed by atoms with E-state index in [1.54, 1.807) is 6.92 Å². The van der Waals surface area contributed by atoms with Gasteiger partial charge in [-0.15, -0.1) is 0 Å². The normalized spacial score (nSPS) is 21.6. The second-order valence-electron chi connectivity index (χ2n) is 8.15. The average molecular weight is 378 g/mol. The van der Waals surface area contributed by atoms with E-state index in [0.29, 0.717) is 6.04 Å². The summed E-state index contributed by atoms with van der Waals surface area (Å²) in [6.07, 6.45) is 2.56. The summed E-state index contributed by atoms with van der Waals surface area (Å²) in [7, 11) is 0. The second-order valence-corrected chi connectivity index (χ2v) is 8.15. The van der Waals surface area contributed by atoms with Gasteiger partial charge < -0.3 is 4.90 Å². The number of carbonyl (C=O) groups excluding carboxylic acids is 1. The Kier molecular flexibility index (Phi) is 6.08. The lowest BCUT2D eigenvalue weighted by Crippen LogP contribution is -2.55. The first-order valence-corrected chi connectivity index (χ1v) is 10.6. The van der Waals surface area contributed by atoms with Gasteiger partial charge >= 0.3 is 0 Å². The van der Waals surface area contributed by atoms with Crippen LogP contribution in [0.15, 0.2) is 54.6 Å². The molecule has 4 nitrogen and oxygen atoms in total. The van der Waals surface area contributed by atoms with E-state index in [9.17, 15) is 4.79 Å². The molecule has 1 atom stereocenters. The molecule has 0 amide bonds. The van der Waals surface area contributed by atoms with Gasteiger partial charge in [0.25, 0.3) is 0 Å². The van der Waals surface area contributed by atoms with Crippen LogP contribution >= 0.6 is 0 Å². The molecule has 2 heterocycles. The van der Waals surface area contributed by atoms with Crippen molar-refractivity contribution in [2.45, 2.75) is 32.4 Å². The van der Waals surface area contributed by atoms with Crippen LogP contribution < -0.4 is 4.90 Å². The van der Waals surface area contributed by atoms with Crippen molar-refractivity contribution in [2.24, 2.45) is 0 Å². The molecule has 2 aliphatic heterocycles. The number of piperidine rings is 1. The number of Topliss-reactive ketones (excluding diaryl/α,β-unsaturated/α-hetero) is 1. The summed E-state index contributed by atoms with van der Waals surface area (Å²) in [5, 5.41) is 0. The molecule has 0 spiro atoms. The third-order valence-corrected chi connectivity index (χ3v) is 6.17. The highest BCUT2D eigenvalue weighted by Crippen LogP contribution is 2.22. The molecule has 4 rings (SSSR count). The largest absolute Gasteiger partial charge is 0.369 e. The third-order valence-electron chi connectivity index (χ3n) is 6.17. The molecule has 0 radical (unpaired) electrons. The molecule has 0 bridgehead atoms. The van der Waals surface area contributed by atoms with E-state index in [-0.39, 0.29) is 5.78 Å². The quantitative estimate of drug-likeness (QED) is 0.743. The number of benzene rings is 2. The van der Waals surface area contributed by atoms with Crippen LogP contribution in [0.2, 0.25) is 0 Å². The summed E-state index contributed by atoms with van der Waals surface area (Å²) in [6.45, 7) is 9.40. The molecule has 0 aromatic heterocycles. The standard InChI is InChI=1S/C24H31N3O/c1-20(28)22-8-5-7-21(17-22)18-25-12-6-11-24(19-25)27-15-13-26(14-16-27)23-9-3-2-4-10-23/h2-5,7-10,17,24H,6,11-16,18-19H2,1H3/t24-/m0/s1. The summed E-state index contributed by atoms with van der Waals surface area (Å²) in [4.78, 5) is 19.4. The second kappa shape index (κ2) is 8.89. The SMILES string of the molecule is CC(=O)c1cccc(CN2CCC[C@H](N3CCN(c4ccccc4)CC3)C2)c1. The Labute approximate surface area is 168 Å². The van der Waals surface area contributed by atoms with Crippen molar-refractivity contribution in [1.82, 2.24) is 9.80 Å². The first kappa shape index (κ1) is 19.2. The van der Waals surface area contributed by atoms with E-state index < -0.39 is 0 Å². The number of piperazine rings is 1. The predicted octanol–water partition coefficient (Wildman–Crippen LogP) is 3.68. The molecule has 148 valence electrons. The Morgan fingerprint density at radius 3 is 2.50 bits per heavy atom. The van der Waals surface area contributed by atoms with Crippen molar-refractivity contribution in [3.8, 4) is 0 Å².